The molecule has 0 spiro atoms. The Morgan fingerprint density at radius 3 is 2.40 bits per heavy atom. The van der Waals surface area contributed by atoms with Crippen LogP contribution in [0, 0.1) is 11.3 Å². The van der Waals surface area contributed by atoms with Crippen LogP contribution in [0.2, 0.25) is 0 Å². The highest BCUT2D eigenvalue weighted by Gasteiger charge is 2.43. The first-order valence-corrected chi connectivity index (χ1v) is 3.86. The van der Waals surface area contributed by atoms with Gasteiger partial charge in [0.2, 0.25) is 0 Å². The largest absolute Gasteiger partial charge is 0.0961 e. The van der Waals surface area contributed by atoms with Crippen molar-refractivity contribution in [2.24, 2.45) is 11.3 Å². The minimum atomic E-state index is 0.575. The molecule has 0 aromatic carbocycles. The second kappa shape index (κ2) is 2.26. The lowest BCUT2D eigenvalue weighted by Gasteiger charge is -1.95. The molecule has 0 saturated heterocycles. The molecule has 0 radical (unpaired) electrons. The van der Waals surface area contributed by atoms with Gasteiger partial charge in [-0.25, -0.2) is 0 Å². The summed E-state index contributed by atoms with van der Waals surface area (Å²) in [7, 11) is 0. The molecule has 0 amide bonds. The highest BCUT2D eigenvalue weighted by molar-refractivity contribution is 5.17. The Morgan fingerprint density at radius 2 is 2.10 bits per heavy atom. The maximum atomic E-state index is 3.82. The molecule has 0 bridgehead atoms. The van der Waals surface area contributed by atoms with Crippen molar-refractivity contribution >= 4 is 0 Å². The average Bonchev–Trinajstić information content (AvgIpc) is 2.35. The van der Waals surface area contributed by atoms with Gasteiger partial charge in [0.05, 0.1) is 0 Å². The van der Waals surface area contributed by atoms with Gasteiger partial charge in [0.15, 0.2) is 0 Å². The summed E-state index contributed by atoms with van der Waals surface area (Å²) >= 11 is 0. The van der Waals surface area contributed by atoms with Crippen molar-refractivity contribution in [1.29, 1.82) is 0 Å². The van der Waals surface area contributed by atoms with Crippen molar-refractivity contribution in [2.45, 2.75) is 27.2 Å². The van der Waals surface area contributed by atoms with Crippen LogP contribution in [0.15, 0.2) is 24.3 Å². The minimum Gasteiger partial charge on any atom is -0.0961 e. The van der Waals surface area contributed by atoms with Crippen LogP contribution in [-0.4, -0.2) is 0 Å². The van der Waals surface area contributed by atoms with E-state index in [2.05, 4.69) is 32.6 Å². The van der Waals surface area contributed by atoms with Gasteiger partial charge in [0.1, 0.15) is 0 Å². The van der Waals surface area contributed by atoms with E-state index < -0.39 is 0 Å². The highest BCUT2D eigenvalue weighted by atomic mass is 14.5. The molecule has 1 aliphatic carbocycles. The Labute approximate surface area is 63.6 Å². The Bertz CT molecular complexity index is 172. The van der Waals surface area contributed by atoms with E-state index in [9.17, 15) is 0 Å². The van der Waals surface area contributed by atoms with Crippen LogP contribution >= 0.6 is 0 Å². The van der Waals surface area contributed by atoms with Crippen LogP contribution in [-0.2, 0) is 0 Å². The Hall–Kier alpha value is -0.520. The molecule has 10 heavy (non-hydrogen) atoms. The number of hydrogen-bond acceptors (Lipinski definition) is 0. The van der Waals surface area contributed by atoms with Crippen LogP contribution < -0.4 is 0 Å². The Balaban J connectivity index is 2.37. The Morgan fingerprint density at radius 1 is 1.60 bits per heavy atom. The van der Waals surface area contributed by atoms with E-state index in [0.717, 1.165) is 11.5 Å². The maximum absolute atomic E-state index is 3.82. The quantitative estimate of drug-likeness (QED) is 0.511. The molecule has 0 aromatic rings. The zero-order valence-electron chi connectivity index (χ0n) is 7.15. The lowest BCUT2D eigenvalue weighted by atomic mass is 10.1. The van der Waals surface area contributed by atoms with Gasteiger partial charge < -0.3 is 0 Å². The fourth-order valence-electron chi connectivity index (χ4n) is 1.12. The Kier molecular flexibility index (Phi) is 1.72. The van der Waals surface area contributed by atoms with Gasteiger partial charge in [-0.15, -0.1) is 0 Å². The fourth-order valence-corrected chi connectivity index (χ4v) is 1.12. The monoisotopic (exact) mass is 136 g/mol. The SMILES string of the molecule is C=C(C)C=CC1CC1(C)C. The van der Waals surface area contributed by atoms with E-state index in [4.69, 9.17) is 0 Å². The molecule has 1 atom stereocenters. The zero-order valence-corrected chi connectivity index (χ0v) is 7.15. The topological polar surface area (TPSA) is 0 Å². The number of rotatable bonds is 2. The van der Waals surface area contributed by atoms with Crippen LogP contribution in [0.5, 0.6) is 0 Å². The molecular weight excluding hydrogens is 120 g/mol. The second-order valence-corrected chi connectivity index (χ2v) is 4.00. The van der Waals surface area contributed by atoms with Gasteiger partial charge in [-0.3, -0.25) is 0 Å². The van der Waals surface area contributed by atoms with Crippen molar-refractivity contribution in [3.8, 4) is 0 Å². The predicted octanol–water partition coefficient (Wildman–Crippen LogP) is 3.16. The van der Waals surface area contributed by atoms with Gasteiger partial charge >= 0.3 is 0 Å². The molecule has 0 heteroatoms. The molecule has 1 fully saturated rings. The average molecular weight is 136 g/mol. The molecule has 0 heterocycles. The van der Waals surface area contributed by atoms with Gasteiger partial charge in [-0.05, 0) is 24.7 Å². The fraction of sp³-hybridized carbons (Fsp3) is 0.600. The maximum Gasteiger partial charge on any atom is -0.0173 e. The van der Waals surface area contributed by atoms with E-state index in [1.54, 1.807) is 0 Å². The smallest absolute Gasteiger partial charge is 0.0173 e. The first-order chi connectivity index (χ1) is 4.52. The van der Waals surface area contributed by atoms with Crippen molar-refractivity contribution < 1.29 is 0 Å². The van der Waals surface area contributed by atoms with E-state index in [-0.39, 0.29) is 0 Å². The van der Waals surface area contributed by atoms with Gasteiger partial charge in [0.25, 0.3) is 0 Å². The molecule has 0 aliphatic heterocycles. The summed E-state index contributed by atoms with van der Waals surface area (Å²) in [6, 6.07) is 0. The lowest BCUT2D eigenvalue weighted by molar-refractivity contribution is 0.610. The van der Waals surface area contributed by atoms with E-state index in [1.807, 2.05) is 6.92 Å². The van der Waals surface area contributed by atoms with Gasteiger partial charge in [-0.1, -0.05) is 38.2 Å². The van der Waals surface area contributed by atoms with Crippen molar-refractivity contribution in [3.63, 3.8) is 0 Å². The first-order valence-electron chi connectivity index (χ1n) is 3.86. The third kappa shape index (κ3) is 1.73. The van der Waals surface area contributed by atoms with E-state index in [0.29, 0.717) is 5.41 Å². The highest BCUT2D eigenvalue weighted by Crippen LogP contribution is 2.52. The lowest BCUT2D eigenvalue weighted by Crippen LogP contribution is -1.85. The summed E-state index contributed by atoms with van der Waals surface area (Å²) in [4.78, 5) is 0. The summed E-state index contributed by atoms with van der Waals surface area (Å²) in [5.74, 6) is 0.809. The predicted molar refractivity (Wildman–Crippen MR) is 45.8 cm³/mol. The molecule has 1 aliphatic rings. The first kappa shape index (κ1) is 7.59. The van der Waals surface area contributed by atoms with Crippen molar-refractivity contribution in [1.82, 2.24) is 0 Å². The van der Waals surface area contributed by atoms with Crippen molar-refractivity contribution in [3.05, 3.63) is 24.3 Å². The molecule has 1 rings (SSSR count). The number of hydrogen-bond donors (Lipinski definition) is 0. The molecular formula is C10H16. The molecule has 56 valence electrons. The summed E-state index contributed by atoms with van der Waals surface area (Å²) in [5.41, 5.74) is 1.73. The molecule has 0 nitrogen and oxygen atoms in total. The third-order valence-electron chi connectivity index (χ3n) is 2.20. The summed E-state index contributed by atoms with van der Waals surface area (Å²) in [6.07, 6.45) is 5.75. The molecule has 1 saturated carbocycles. The normalized spacial score (nSPS) is 28.9. The zero-order chi connectivity index (χ0) is 7.78. The standard InChI is InChI=1S/C10H16/c1-8(2)5-6-9-7-10(9,3)4/h5-6,9H,1,7H2,2-4H3. The van der Waals surface area contributed by atoms with E-state index in [1.165, 1.54) is 6.42 Å². The van der Waals surface area contributed by atoms with Gasteiger partial charge in [0, 0.05) is 0 Å². The third-order valence-corrected chi connectivity index (χ3v) is 2.20. The number of allylic oxidation sites excluding steroid dienone is 3. The van der Waals surface area contributed by atoms with Crippen LogP contribution in [0.1, 0.15) is 27.2 Å². The van der Waals surface area contributed by atoms with E-state index >= 15 is 0 Å². The minimum absolute atomic E-state index is 0.575. The molecule has 1 unspecified atom stereocenters. The van der Waals surface area contributed by atoms with Crippen molar-refractivity contribution in [2.75, 3.05) is 0 Å². The van der Waals surface area contributed by atoms with Crippen LogP contribution in [0.3, 0.4) is 0 Å². The summed E-state index contributed by atoms with van der Waals surface area (Å²) < 4.78 is 0. The van der Waals surface area contributed by atoms with Gasteiger partial charge in [-0.2, -0.15) is 0 Å². The molecule has 0 aromatic heterocycles. The summed E-state index contributed by atoms with van der Waals surface area (Å²) in [6.45, 7) is 10.5. The van der Waals surface area contributed by atoms with Crippen LogP contribution in [0.25, 0.3) is 0 Å². The molecule has 0 N–H and O–H groups in total. The second-order valence-electron chi connectivity index (χ2n) is 4.00. The summed E-state index contributed by atoms with van der Waals surface area (Å²) in [5, 5.41) is 0. The van der Waals surface area contributed by atoms with Crippen LogP contribution in [0.4, 0.5) is 0 Å².